The summed E-state index contributed by atoms with van der Waals surface area (Å²) < 4.78 is 36.5. The molecule has 0 aromatic heterocycles. The standard InChI is InChI=1S/C87H168O13/c1-10-14-18-22-41-51-62-76(88)77(89)64-61-73-87(94)100-83(68-56-44-25-21-17-13-4)82(99-86(93)72-60-50-39-33-26-29-35-45-53-65-79(96-74(5)6)78(90)63-52-42-23-19-15-11-2)69-57-47-37-31-28-34-40-49-59-71-85(92)98-81(67-55-43-24-20-16-12-3)80(97-75(7)8)66-54-46-36-30-27-32-38-48-58-70-84(91)95-9/h74-83,88-90H,10-73H2,1-9H3. The zero-order valence-electron chi connectivity index (χ0n) is 67.5. The first kappa shape index (κ1) is 97.7. The Morgan fingerprint density at radius 3 is 0.720 bits per heavy atom. The van der Waals surface area contributed by atoms with E-state index in [-0.39, 0.29) is 66.9 Å². The molecule has 0 aliphatic rings. The lowest BCUT2D eigenvalue weighted by Crippen LogP contribution is -2.35. The number of aliphatic hydroxyl groups excluding tert-OH is 3. The molecule has 0 saturated heterocycles. The van der Waals surface area contributed by atoms with Gasteiger partial charge in [0.05, 0.1) is 49.8 Å². The molecule has 100 heavy (non-hydrogen) atoms. The molecular formula is C87H168O13. The number of hydrogen-bond acceptors (Lipinski definition) is 13. The molecule has 0 aromatic carbocycles. The Bertz CT molecular complexity index is 1760. The zero-order valence-corrected chi connectivity index (χ0v) is 67.5. The minimum Gasteiger partial charge on any atom is -0.469 e. The van der Waals surface area contributed by atoms with E-state index in [1.165, 1.54) is 155 Å². The third-order valence-corrected chi connectivity index (χ3v) is 20.6. The first-order valence-corrected chi connectivity index (χ1v) is 43.6. The average molecular weight is 1420 g/mol. The third-order valence-electron chi connectivity index (χ3n) is 20.6. The van der Waals surface area contributed by atoms with Gasteiger partial charge in [-0.05, 0) is 124 Å². The number of hydrogen-bond donors (Lipinski definition) is 3. The molecule has 0 rings (SSSR count). The van der Waals surface area contributed by atoms with Crippen molar-refractivity contribution >= 4 is 23.9 Å². The van der Waals surface area contributed by atoms with E-state index < -0.39 is 24.4 Å². The Labute approximate surface area is 618 Å². The Balaban J connectivity index is 5.51. The topological polar surface area (TPSA) is 184 Å². The second-order valence-corrected chi connectivity index (χ2v) is 31.1. The van der Waals surface area contributed by atoms with Crippen LogP contribution in [0, 0.1) is 0 Å². The smallest absolute Gasteiger partial charge is 0.306 e. The Morgan fingerprint density at radius 1 is 0.230 bits per heavy atom. The van der Waals surface area contributed by atoms with Crippen LogP contribution in [0.4, 0.5) is 0 Å². The molecular weight excluding hydrogens is 1250 g/mol. The largest absolute Gasteiger partial charge is 0.469 e. The van der Waals surface area contributed by atoms with E-state index in [1.807, 2.05) is 0 Å². The second-order valence-electron chi connectivity index (χ2n) is 31.1. The number of esters is 4. The van der Waals surface area contributed by atoms with Crippen LogP contribution < -0.4 is 0 Å². The van der Waals surface area contributed by atoms with Gasteiger partial charge in [-0.15, -0.1) is 0 Å². The van der Waals surface area contributed by atoms with E-state index in [0.717, 1.165) is 205 Å². The van der Waals surface area contributed by atoms with Crippen LogP contribution in [0.2, 0.25) is 0 Å². The predicted molar refractivity (Wildman–Crippen MR) is 418 cm³/mol. The summed E-state index contributed by atoms with van der Waals surface area (Å²) >= 11 is 0. The highest BCUT2D eigenvalue weighted by Gasteiger charge is 2.30. The quantitative estimate of drug-likeness (QED) is 0.0297. The van der Waals surface area contributed by atoms with E-state index in [4.69, 9.17) is 28.4 Å². The molecule has 0 saturated carbocycles. The van der Waals surface area contributed by atoms with E-state index >= 15 is 0 Å². The van der Waals surface area contributed by atoms with E-state index in [1.54, 1.807) is 0 Å². The molecule has 3 N–H and O–H groups in total. The fourth-order valence-corrected chi connectivity index (χ4v) is 14.2. The Morgan fingerprint density at radius 2 is 0.430 bits per heavy atom. The summed E-state index contributed by atoms with van der Waals surface area (Å²) in [4.78, 5) is 52.3. The average Bonchev–Trinajstić information content (AvgIpc) is 0.976. The summed E-state index contributed by atoms with van der Waals surface area (Å²) in [5, 5.41) is 32.5. The maximum absolute atomic E-state index is 13.8. The number of carbonyl (C=O) groups is 4. The van der Waals surface area contributed by atoms with Crippen molar-refractivity contribution in [2.45, 2.75) is 527 Å². The van der Waals surface area contributed by atoms with E-state index in [2.05, 4.69) is 55.4 Å². The molecule has 0 aliphatic carbocycles. The van der Waals surface area contributed by atoms with Crippen molar-refractivity contribution in [3.05, 3.63) is 0 Å². The fraction of sp³-hybridized carbons (Fsp3) is 0.954. The normalized spacial score (nSPS) is 14.3. The minimum absolute atomic E-state index is 0.0654. The van der Waals surface area contributed by atoms with Crippen LogP contribution in [0.5, 0.6) is 0 Å². The van der Waals surface area contributed by atoms with Crippen LogP contribution in [0.1, 0.15) is 466 Å². The van der Waals surface area contributed by atoms with Gasteiger partial charge in [0.25, 0.3) is 0 Å². The van der Waals surface area contributed by atoms with Crippen molar-refractivity contribution in [2.24, 2.45) is 0 Å². The third kappa shape index (κ3) is 64.1. The van der Waals surface area contributed by atoms with Crippen LogP contribution in [-0.2, 0) is 47.6 Å². The highest BCUT2D eigenvalue weighted by molar-refractivity contribution is 5.71. The summed E-state index contributed by atoms with van der Waals surface area (Å²) in [6.45, 7) is 17.2. The van der Waals surface area contributed by atoms with Gasteiger partial charge < -0.3 is 43.7 Å². The van der Waals surface area contributed by atoms with Gasteiger partial charge in [0.2, 0.25) is 0 Å². The number of ether oxygens (including phenoxy) is 6. The van der Waals surface area contributed by atoms with E-state index in [9.17, 15) is 34.5 Å². The Hall–Kier alpha value is -2.32. The summed E-state index contributed by atoms with van der Waals surface area (Å²) in [5.41, 5.74) is 0. The fourth-order valence-electron chi connectivity index (χ4n) is 14.2. The first-order valence-electron chi connectivity index (χ1n) is 43.6. The van der Waals surface area contributed by atoms with Gasteiger partial charge in [-0.25, -0.2) is 0 Å². The second kappa shape index (κ2) is 73.6. The van der Waals surface area contributed by atoms with Crippen LogP contribution in [0.25, 0.3) is 0 Å². The van der Waals surface area contributed by atoms with Gasteiger partial charge in [0.15, 0.2) is 0 Å². The highest BCUT2D eigenvalue weighted by atomic mass is 16.6. The van der Waals surface area contributed by atoms with Crippen LogP contribution in [0.15, 0.2) is 0 Å². The van der Waals surface area contributed by atoms with Crippen LogP contribution in [0.3, 0.4) is 0 Å². The molecule has 0 spiro atoms. The molecule has 0 aliphatic heterocycles. The summed E-state index contributed by atoms with van der Waals surface area (Å²) in [6, 6.07) is 0. The van der Waals surface area contributed by atoms with Crippen molar-refractivity contribution in [2.75, 3.05) is 7.11 Å². The van der Waals surface area contributed by atoms with Gasteiger partial charge in [0, 0.05) is 25.7 Å². The maximum atomic E-state index is 13.8. The summed E-state index contributed by atoms with van der Waals surface area (Å²) in [7, 11) is 1.46. The predicted octanol–water partition coefficient (Wildman–Crippen LogP) is 24.6. The molecule has 8 unspecified atom stereocenters. The molecule has 594 valence electrons. The zero-order chi connectivity index (χ0) is 73.6. The SMILES string of the molecule is CCCCCCCCC(O)C(O)CCCC(=O)OC(CCCCCCCC)C(CCCCCCCCCCCC(=O)OC(CCCCCCCC)C(CCCCCCCCCCCC(=O)OC)OC(C)C)OC(=O)CCCCCCCCCCCC(OC(C)C)C(O)CCCCCCCC. The van der Waals surface area contributed by atoms with Crippen molar-refractivity contribution in [1.82, 2.24) is 0 Å². The molecule has 8 atom stereocenters. The van der Waals surface area contributed by atoms with Gasteiger partial charge in [-0.3, -0.25) is 19.2 Å². The summed E-state index contributed by atoms with van der Waals surface area (Å²) in [5.74, 6) is -0.730. The van der Waals surface area contributed by atoms with Gasteiger partial charge in [-0.2, -0.15) is 0 Å². The highest BCUT2D eigenvalue weighted by Crippen LogP contribution is 2.27. The lowest BCUT2D eigenvalue weighted by molar-refractivity contribution is -0.169. The maximum Gasteiger partial charge on any atom is 0.306 e. The van der Waals surface area contributed by atoms with Crippen LogP contribution >= 0.6 is 0 Å². The van der Waals surface area contributed by atoms with Crippen LogP contribution in [-0.4, -0.2) is 107 Å². The van der Waals surface area contributed by atoms with Gasteiger partial charge in [0.1, 0.15) is 18.3 Å². The summed E-state index contributed by atoms with van der Waals surface area (Å²) in [6.07, 6.45) is 61.6. The molecule has 0 fully saturated rings. The molecule has 0 amide bonds. The molecule has 0 bridgehead atoms. The molecule has 13 nitrogen and oxygen atoms in total. The molecule has 0 heterocycles. The molecule has 0 aromatic rings. The van der Waals surface area contributed by atoms with Crippen molar-refractivity contribution in [1.29, 1.82) is 0 Å². The molecule has 13 heteroatoms. The van der Waals surface area contributed by atoms with E-state index in [0.29, 0.717) is 51.4 Å². The monoisotopic (exact) mass is 1420 g/mol. The lowest BCUT2D eigenvalue weighted by Gasteiger charge is -2.29. The number of aliphatic hydroxyl groups is 3. The Kier molecular flexibility index (Phi) is 71.9. The lowest BCUT2D eigenvalue weighted by atomic mass is 9.98. The van der Waals surface area contributed by atoms with Gasteiger partial charge in [-0.1, -0.05) is 317 Å². The number of rotatable bonds is 79. The minimum atomic E-state index is -0.871. The molecule has 0 radical (unpaired) electrons. The van der Waals surface area contributed by atoms with Crippen molar-refractivity contribution in [3.63, 3.8) is 0 Å². The van der Waals surface area contributed by atoms with Gasteiger partial charge >= 0.3 is 23.9 Å². The first-order chi connectivity index (χ1) is 48.6. The number of unbranched alkanes of at least 4 members (excludes halogenated alkanes) is 44. The number of methoxy groups -OCH3 is 1. The van der Waals surface area contributed by atoms with Crippen molar-refractivity contribution < 1.29 is 62.9 Å². The number of carbonyl (C=O) groups excluding carboxylic acids is 4. The van der Waals surface area contributed by atoms with Crippen molar-refractivity contribution in [3.8, 4) is 0 Å².